The maximum atomic E-state index is 12.2. The first-order valence-corrected chi connectivity index (χ1v) is 7.16. The van der Waals surface area contributed by atoms with Crippen molar-refractivity contribution in [2.45, 2.75) is 24.6 Å². The summed E-state index contributed by atoms with van der Waals surface area (Å²) in [6.07, 6.45) is 3.27. The summed E-state index contributed by atoms with van der Waals surface area (Å²) < 4.78 is 0. The molecule has 1 aromatic carbocycles. The Bertz CT molecular complexity index is 444. The van der Waals surface area contributed by atoms with Crippen LogP contribution >= 0.6 is 34.8 Å². The lowest BCUT2D eigenvalue weighted by Crippen LogP contribution is -2.37. The molecule has 1 fully saturated rings. The summed E-state index contributed by atoms with van der Waals surface area (Å²) in [6.45, 7) is 1.57. The quantitative estimate of drug-likeness (QED) is 0.747. The minimum Gasteiger partial charge on any atom is -0.341 e. The Hall–Kier alpha value is -0.440. The molecule has 1 heterocycles. The average molecular weight is 307 g/mol. The molecule has 1 aromatic rings. The van der Waals surface area contributed by atoms with Gasteiger partial charge in [-0.05, 0) is 37.0 Å². The molecule has 0 aliphatic carbocycles. The second-order valence-electron chi connectivity index (χ2n) is 4.41. The van der Waals surface area contributed by atoms with E-state index in [0.29, 0.717) is 15.6 Å². The molecule has 1 aliphatic heterocycles. The number of carbonyl (C=O) groups excluding carboxylic acids is 1. The second kappa shape index (κ2) is 6.14. The SMILES string of the molecule is O=C(C(Cl)c1ccc(Cl)cc1Cl)N1CCCCC1. The number of hydrogen-bond acceptors (Lipinski definition) is 1. The van der Waals surface area contributed by atoms with Crippen molar-refractivity contribution in [1.82, 2.24) is 4.90 Å². The highest BCUT2D eigenvalue weighted by Gasteiger charge is 2.26. The zero-order valence-electron chi connectivity index (χ0n) is 9.83. The predicted octanol–water partition coefficient (Wildman–Crippen LogP) is 4.29. The summed E-state index contributed by atoms with van der Waals surface area (Å²) in [5.74, 6) is -0.0689. The van der Waals surface area contributed by atoms with E-state index < -0.39 is 5.38 Å². The first-order valence-electron chi connectivity index (χ1n) is 5.97. The second-order valence-corrected chi connectivity index (χ2v) is 5.69. The van der Waals surface area contributed by atoms with E-state index in [0.717, 1.165) is 25.9 Å². The minimum absolute atomic E-state index is 0.0689. The van der Waals surface area contributed by atoms with Crippen LogP contribution in [0.4, 0.5) is 0 Å². The summed E-state index contributed by atoms with van der Waals surface area (Å²) in [5.41, 5.74) is 0.623. The number of nitrogens with zero attached hydrogens (tertiary/aromatic N) is 1. The molecular formula is C13H14Cl3NO. The van der Waals surface area contributed by atoms with Crippen LogP contribution in [0.1, 0.15) is 30.2 Å². The summed E-state index contributed by atoms with van der Waals surface area (Å²) in [4.78, 5) is 14.0. The standard InChI is InChI=1S/C13H14Cl3NO/c14-9-4-5-10(11(15)8-9)12(16)13(18)17-6-2-1-3-7-17/h4-5,8,12H,1-3,6-7H2. The molecule has 98 valence electrons. The van der Waals surface area contributed by atoms with Crippen molar-refractivity contribution in [2.75, 3.05) is 13.1 Å². The van der Waals surface area contributed by atoms with Gasteiger partial charge in [-0.2, -0.15) is 0 Å². The third-order valence-electron chi connectivity index (χ3n) is 3.12. The van der Waals surface area contributed by atoms with Crippen LogP contribution < -0.4 is 0 Å². The Morgan fingerprint density at radius 1 is 1.17 bits per heavy atom. The van der Waals surface area contributed by atoms with Crippen molar-refractivity contribution >= 4 is 40.7 Å². The van der Waals surface area contributed by atoms with E-state index in [4.69, 9.17) is 34.8 Å². The number of amides is 1. The molecule has 2 rings (SSSR count). The van der Waals surface area contributed by atoms with E-state index in [9.17, 15) is 4.79 Å². The Balaban J connectivity index is 2.14. The van der Waals surface area contributed by atoms with Crippen molar-refractivity contribution in [3.05, 3.63) is 33.8 Å². The zero-order chi connectivity index (χ0) is 13.1. The van der Waals surface area contributed by atoms with Gasteiger partial charge in [0.2, 0.25) is 5.91 Å². The van der Waals surface area contributed by atoms with Gasteiger partial charge in [0, 0.05) is 23.1 Å². The summed E-state index contributed by atoms with van der Waals surface area (Å²) in [5, 5.41) is 0.249. The lowest BCUT2D eigenvalue weighted by atomic mass is 10.1. The molecule has 18 heavy (non-hydrogen) atoms. The minimum atomic E-state index is -0.729. The number of alkyl halides is 1. The maximum absolute atomic E-state index is 12.2. The molecule has 1 saturated heterocycles. The predicted molar refractivity (Wildman–Crippen MR) is 75.5 cm³/mol. The van der Waals surface area contributed by atoms with Crippen molar-refractivity contribution in [3.8, 4) is 0 Å². The van der Waals surface area contributed by atoms with Gasteiger partial charge in [-0.25, -0.2) is 0 Å². The van der Waals surface area contributed by atoms with Crippen LogP contribution in [0.15, 0.2) is 18.2 Å². The molecule has 1 amide bonds. The molecule has 1 unspecified atom stereocenters. The Morgan fingerprint density at radius 3 is 2.44 bits per heavy atom. The van der Waals surface area contributed by atoms with E-state index in [1.165, 1.54) is 6.42 Å². The highest BCUT2D eigenvalue weighted by atomic mass is 35.5. The van der Waals surface area contributed by atoms with Crippen LogP contribution in [0.25, 0.3) is 0 Å². The molecular weight excluding hydrogens is 293 g/mol. The average Bonchev–Trinajstić information content (AvgIpc) is 2.38. The fourth-order valence-corrected chi connectivity index (χ4v) is 3.02. The van der Waals surface area contributed by atoms with Gasteiger partial charge >= 0.3 is 0 Å². The van der Waals surface area contributed by atoms with Crippen molar-refractivity contribution in [3.63, 3.8) is 0 Å². The van der Waals surface area contributed by atoms with Crippen LogP contribution in [0.2, 0.25) is 10.0 Å². The van der Waals surface area contributed by atoms with Crippen molar-refractivity contribution < 1.29 is 4.79 Å². The van der Waals surface area contributed by atoms with Gasteiger partial charge in [0.05, 0.1) is 0 Å². The molecule has 0 spiro atoms. The zero-order valence-corrected chi connectivity index (χ0v) is 12.1. The molecule has 2 nitrogen and oxygen atoms in total. The largest absolute Gasteiger partial charge is 0.341 e. The fourth-order valence-electron chi connectivity index (χ4n) is 2.11. The molecule has 0 saturated carbocycles. The van der Waals surface area contributed by atoms with Gasteiger partial charge in [0.25, 0.3) is 0 Å². The Labute approximate surface area is 122 Å². The number of halogens is 3. The van der Waals surface area contributed by atoms with Gasteiger partial charge in [-0.3, -0.25) is 4.79 Å². The number of hydrogen-bond donors (Lipinski definition) is 0. The molecule has 1 atom stereocenters. The van der Waals surface area contributed by atoms with E-state index in [-0.39, 0.29) is 5.91 Å². The summed E-state index contributed by atoms with van der Waals surface area (Å²) in [6, 6.07) is 5.02. The number of benzene rings is 1. The third kappa shape index (κ3) is 3.11. The van der Waals surface area contributed by atoms with Crippen molar-refractivity contribution in [2.24, 2.45) is 0 Å². The number of carbonyl (C=O) groups is 1. The smallest absolute Gasteiger partial charge is 0.245 e. The van der Waals surface area contributed by atoms with Crippen molar-refractivity contribution in [1.29, 1.82) is 0 Å². The summed E-state index contributed by atoms with van der Waals surface area (Å²) >= 11 is 18.1. The molecule has 5 heteroatoms. The number of rotatable bonds is 2. The maximum Gasteiger partial charge on any atom is 0.245 e. The van der Waals surface area contributed by atoms with Gasteiger partial charge in [-0.1, -0.05) is 29.3 Å². The van der Waals surface area contributed by atoms with Gasteiger partial charge in [-0.15, -0.1) is 11.6 Å². The Kier molecular flexibility index (Phi) is 4.77. The lowest BCUT2D eigenvalue weighted by molar-refractivity contribution is -0.131. The van der Waals surface area contributed by atoms with Gasteiger partial charge < -0.3 is 4.90 Å². The monoisotopic (exact) mass is 305 g/mol. The molecule has 0 aromatic heterocycles. The van der Waals surface area contributed by atoms with E-state index in [1.54, 1.807) is 18.2 Å². The fraction of sp³-hybridized carbons (Fsp3) is 0.462. The molecule has 1 aliphatic rings. The molecule has 0 bridgehead atoms. The van der Waals surface area contributed by atoms with E-state index >= 15 is 0 Å². The highest BCUT2D eigenvalue weighted by molar-refractivity contribution is 6.37. The molecule has 0 N–H and O–H groups in total. The van der Waals surface area contributed by atoms with Crippen LogP contribution in [0.3, 0.4) is 0 Å². The topological polar surface area (TPSA) is 20.3 Å². The Morgan fingerprint density at radius 2 is 1.83 bits per heavy atom. The highest BCUT2D eigenvalue weighted by Crippen LogP contribution is 2.32. The first kappa shape index (κ1) is 14.0. The van der Waals surface area contributed by atoms with Crippen LogP contribution in [0, 0.1) is 0 Å². The van der Waals surface area contributed by atoms with E-state index in [2.05, 4.69) is 0 Å². The van der Waals surface area contributed by atoms with Gasteiger partial charge in [0.15, 0.2) is 0 Å². The third-order valence-corrected chi connectivity index (χ3v) is 4.10. The normalized spacial score (nSPS) is 17.6. The summed E-state index contributed by atoms with van der Waals surface area (Å²) in [7, 11) is 0. The number of piperidine rings is 1. The van der Waals surface area contributed by atoms with Crippen LogP contribution in [0.5, 0.6) is 0 Å². The number of likely N-dealkylation sites (tertiary alicyclic amines) is 1. The first-order chi connectivity index (χ1) is 8.59. The lowest BCUT2D eigenvalue weighted by Gasteiger charge is -2.28. The van der Waals surface area contributed by atoms with Gasteiger partial charge in [0.1, 0.15) is 5.38 Å². The van der Waals surface area contributed by atoms with Crippen LogP contribution in [-0.4, -0.2) is 23.9 Å². The van der Waals surface area contributed by atoms with Crippen LogP contribution in [-0.2, 0) is 4.79 Å². The van der Waals surface area contributed by atoms with E-state index in [1.807, 2.05) is 4.90 Å². The molecule has 0 radical (unpaired) electrons.